The number of carbonyl (C=O) groups excluding carboxylic acids is 1. The maximum atomic E-state index is 13.1. The van der Waals surface area contributed by atoms with Crippen LogP contribution in [0.5, 0.6) is 5.75 Å². The summed E-state index contributed by atoms with van der Waals surface area (Å²) in [6, 6.07) is 13.6. The maximum absolute atomic E-state index is 13.1. The molecule has 0 aliphatic carbocycles. The summed E-state index contributed by atoms with van der Waals surface area (Å²) >= 11 is 0. The summed E-state index contributed by atoms with van der Waals surface area (Å²) in [5.41, 5.74) is 2.48. The van der Waals surface area contributed by atoms with Gasteiger partial charge < -0.3 is 9.47 Å². The number of hydrogen-bond donors (Lipinski definition) is 0. The van der Waals surface area contributed by atoms with E-state index in [4.69, 9.17) is 4.74 Å². The van der Waals surface area contributed by atoms with E-state index in [1.807, 2.05) is 31.2 Å². The third kappa shape index (κ3) is 4.45. The Balaban J connectivity index is 2.00. The lowest BCUT2D eigenvalue weighted by atomic mass is 10.1. The topological polar surface area (TPSA) is 35.5 Å². The van der Waals surface area contributed by atoms with E-state index in [-0.39, 0.29) is 11.8 Å². The van der Waals surface area contributed by atoms with E-state index < -0.39 is 0 Å². The van der Waals surface area contributed by atoms with E-state index in [1.165, 1.54) is 25.3 Å². The number of esters is 1. The molecule has 0 bridgehead atoms. The molecule has 2 aromatic carbocycles. The van der Waals surface area contributed by atoms with Gasteiger partial charge in [-0.15, -0.1) is 0 Å². The van der Waals surface area contributed by atoms with Gasteiger partial charge in [-0.2, -0.15) is 0 Å². The van der Waals surface area contributed by atoms with Crippen molar-refractivity contribution >= 4 is 11.5 Å². The predicted octanol–water partition coefficient (Wildman–Crippen LogP) is 3.98. The van der Waals surface area contributed by atoms with Crippen molar-refractivity contribution in [3.63, 3.8) is 0 Å². The number of hydrogen-bond acceptors (Lipinski definition) is 3. The summed E-state index contributed by atoms with van der Waals surface area (Å²) < 4.78 is 23.3. The van der Waals surface area contributed by atoms with Crippen LogP contribution < -0.4 is 4.74 Å². The average molecular weight is 300 g/mol. The van der Waals surface area contributed by atoms with Crippen LogP contribution in [0.25, 0.3) is 5.57 Å². The Morgan fingerprint density at radius 1 is 1.18 bits per heavy atom. The fourth-order valence-electron chi connectivity index (χ4n) is 1.93. The highest BCUT2D eigenvalue weighted by molar-refractivity contribution is 5.90. The SMILES string of the molecule is COC(=O)/C=C(/C)c1ccc(OCc2cccc(F)c2)cc1. The second kappa shape index (κ2) is 7.41. The quantitative estimate of drug-likeness (QED) is 0.619. The lowest BCUT2D eigenvalue weighted by molar-refractivity contribution is -0.134. The van der Waals surface area contributed by atoms with E-state index in [9.17, 15) is 9.18 Å². The van der Waals surface area contributed by atoms with Crippen LogP contribution >= 0.6 is 0 Å². The van der Waals surface area contributed by atoms with E-state index in [0.717, 1.165) is 16.7 Å². The van der Waals surface area contributed by atoms with Crippen molar-refractivity contribution in [1.82, 2.24) is 0 Å². The fraction of sp³-hybridized carbons (Fsp3) is 0.167. The van der Waals surface area contributed by atoms with Gasteiger partial charge in [-0.3, -0.25) is 0 Å². The number of methoxy groups -OCH3 is 1. The first-order chi connectivity index (χ1) is 10.6. The van der Waals surface area contributed by atoms with Crippen LogP contribution in [-0.2, 0) is 16.1 Å². The summed E-state index contributed by atoms with van der Waals surface area (Å²) in [5, 5.41) is 0. The number of halogens is 1. The third-order valence-electron chi connectivity index (χ3n) is 3.14. The lowest BCUT2D eigenvalue weighted by Crippen LogP contribution is -1.97. The van der Waals surface area contributed by atoms with Gasteiger partial charge in [-0.25, -0.2) is 9.18 Å². The van der Waals surface area contributed by atoms with Crippen LogP contribution in [0.2, 0.25) is 0 Å². The van der Waals surface area contributed by atoms with Crippen molar-refractivity contribution in [2.75, 3.05) is 7.11 Å². The zero-order chi connectivity index (χ0) is 15.9. The third-order valence-corrected chi connectivity index (χ3v) is 3.14. The molecule has 0 N–H and O–H groups in total. The van der Waals surface area contributed by atoms with Gasteiger partial charge in [0.1, 0.15) is 18.2 Å². The highest BCUT2D eigenvalue weighted by Gasteiger charge is 2.02. The predicted molar refractivity (Wildman–Crippen MR) is 82.8 cm³/mol. The number of carbonyl (C=O) groups is 1. The zero-order valence-electron chi connectivity index (χ0n) is 12.5. The van der Waals surface area contributed by atoms with Gasteiger partial charge in [0.05, 0.1) is 7.11 Å². The number of benzene rings is 2. The molecule has 0 saturated carbocycles. The molecule has 2 rings (SSSR count). The molecule has 4 heteroatoms. The Labute approximate surface area is 129 Å². The lowest BCUT2D eigenvalue weighted by Gasteiger charge is -2.08. The van der Waals surface area contributed by atoms with Crippen LogP contribution in [0.3, 0.4) is 0 Å². The first-order valence-corrected chi connectivity index (χ1v) is 6.82. The van der Waals surface area contributed by atoms with Crippen LogP contribution in [0.1, 0.15) is 18.1 Å². The fourth-order valence-corrected chi connectivity index (χ4v) is 1.93. The standard InChI is InChI=1S/C18H17FO3/c1-13(10-18(20)21-2)15-6-8-17(9-7-15)22-12-14-4-3-5-16(19)11-14/h3-11H,12H2,1-2H3/b13-10-. The molecule has 2 aromatic rings. The summed E-state index contributed by atoms with van der Waals surface area (Å²) in [7, 11) is 1.34. The van der Waals surface area contributed by atoms with Gasteiger partial charge in [-0.05, 0) is 47.9 Å². The first kappa shape index (κ1) is 15.8. The summed E-state index contributed by atoms with van der Waals surface area (Å²) in [4.78, 5) is 11.2. The van der Waals surface area contributed by atoms with Crippen LogP contribution in [0, 0.1) is 5.82 Å². The Morgan fingerprint density at radius 3 is 2.55 bits per heavy atom. The number of rotatable bonds is 5. The second-order valence-electron chi connectivity index (χ2n) is 4.79. The number of ether oxygens (including phenoxy) is 2. The minimum atomic E-state index is -0.385. The van der Waals surface area contributed by atoms with Gasteiger partial charge >= 0.3 is 5.97 Å². The van der Waals surface area contributed by atoms with Crippen molar-refractivity contribution in [2.24, 2.45) is 0 Å². The summed E-state index contributed by atoms with van der Waals surface area (Å²) in [5.74, 6) is 0.0165. The van der Waals surface area contributed by atoms with Crippen molar-refractivity contribution < 1.29 is 18.7 Å². The van der Waals surface area contributed by atoms with E-state index >= 15 is 0 Å². The van der Waals surface area contributed by atoms with E-state index in [2.05, 4.69) is 4.74 Å². The largest absolute Gasteiger partial charge is 0.489 e. The summed E-state index contributed by atoms with van der Waals surface area (Å²) in [6.07, 6.45) is 1.43. The van der Waals surface area contributed by atoms with Crippen molar-refractivity contribution in [3.05, 3.63) is 71.6 Å². The monoisotopic (exact) mass is 300 g/mol. The first-order valence-electron chi connectivity index (χ1n) is 6.82. The minimum absolute atomic E-state index is 0.278. The highest BCUT2D eigenvalue weighted by Crippen LogP contribution is 2.19. The molecule has 0 radical (unpaired) electrons. The highest BCUT2D eigenvalue weighted by atomic mass is 19.1. The van der Waals surface area contributed by atoms with Crippen LogP contribution in [-0.4, -0.2) is 13.1 Å². The Morgan fingerprint density at radius 2 is 1.91 bits per heavy atom. The molecule has 0 saturated heterocycles. The second-order valence-corrected chi connectivity index (χ2v) is 4.79. The molecule has 3 nitrogen and oxygen atoms in total. The molecule has 0 aromatic heterocycles. The molecule has 0 unspecified atom stereocenters. The molecule has 0 spiro atoms. The smallest absolute Gasteiger partial charge is 0.330 e. The van der Waals surface area contributed by atoms with E-state index in [1.54, 1.807) is 12.1 Å². The molecule has 0 aliphatic rings. The average Bonchev–Trinajstić information content (AvgIpc) is 2.53. The van der Waals surface area contributed by atoms with Crippen molar-refractivity contribution in [1.29, 1.82) is 0 Å². The molecule has 22 heavy (non-hydrogen) atoms. The van der Waals surface area contributed by atoms with Gasteiger partial charge in [0.25, 0.3) is 0 Å². The molecular weight excluding hydrogens is 283 g/mol. The zero-order valence-corrected chi connectivity index (χ0v) is 12.5. The molecule has 0 atom stereocenters. The molecular formula is C18H17FO3. The van der Waals surface area contributed by atoms with Gasteiger partial charge in [0.15, 0.2) is 0 Å². The molecule has 0 amide bonds. The Kier molecular flexibility index (Phi) is 5.31. The maximum Gasteiger partial charge on any atom is 0.330 e. The van der Waals surface area contributed by atoms with Gasteiger partial charge in [0, 0.05) is 6.08 Å². The molecule has 0 fully saturated rings. The number of allylic oxidation sites excluding steroid dienone is 1. The van der Waals surface area contributed by atoms with Gasteiger partial charge in [-0.1, -0.05) is 24.3 Å². The Bertz CT molecular complexity index is 675. The van der Waals surface area contributed by atoms with Crippen molar-refractivity contribution in [2.45, 2.75) is 13.5 Å². The van der Waals surface area contributed by atoms with Crippen LogP contribution in [0.4, 0.5) is 4.39 Å². The van der Waals surface area contributed by atoms with E-state index in [0.29, 0.717) is 12.4 Å². The normalized spacial score (nSPS) is 11.1. The minimum Gasteiger partial charge on any atom is -0.489 e. The Hall–Kier alpha value is -2.62. The van der Waals surface area contributed by atoms with Crippen LogP contribution in [0.15, 0.2) is 54.6 Å². The van der Waals surface area contributed by atoms with Crippen molar-refractivity contribution in [3.8, 4) is 5.75 Å². The molecule has 0 aliphatic heterocycles. The summed E-state index contributed by atoms with van der Waals surface area (Å²) in [6.45, 7) is 2.13. The molecule has 114 valence electrons. The molecule has 0 heterocycles. The van der Waals surface area contributed by atoms with Gasteiger partial charge in [0.2, 0.25) is 0 Å².